The third-order valence-electron chi connectivity index (χ3n) is 3.09. The minimum Gasteiger partial charge on any atom is -0.295 e. The second-order valence-corrected chi connectivity index (χ2v) is 4.21. The van der Waals surface area contributed by atoms with Gasteiger partial charge in [-0.05, 0) is 25.7 Å². The molecule has 2 rings (SSSR count). The molecule has 0 aliphatic carbocycles. The molecule has 0 amide bonds. The van der Waals surface area contributed by atoms with E-state index in [0.29, 0.717) is 6.17 Å². The summed E-state index contributed by atoms with van der Waals surface area (Å²) < 4.78 is 13.4. The first-order valence-corrected chi connectivity index (χ1v) is 4.84. The Bertz CT molecular complexity index is 172. The molecule has 2 saturated heterocycles. The fraction of sp³-hybridized carbons (Fsp3) is 1.00. The van der Waals surface area contributed by atoms with E-state index in [9.17, 15) is 4.39 Å². The number of nitrogens with one attached hydrogen (secondary N) is 1. The molecule has 0 radical (unpaired) electrons. The number of fused-ring (bicyclic) bond motifs is 1. The van der Waals surface area contributed by atoms with Gasteiger partial charge in [-0.25, -0.2) is 4.39 Å². The van der Waals surface area contributed by atoms with Crippen molar-refractivity contribution in [2.24, 2.45) is 5.92 Å². The first-order chi connectivity index (χ1) is 5.68. The van der Waals surface area contributed by atoms with Gasteiger partial charge < -0.3 is 0 Å². The summed E-state index contributed by atoms with van der Waals surface area (Å²) in [5, 5.41) is 3.29. The summed E-state index contributed by atoms with van der Waals surface area (Å²) in [5.41, 5.74) is 0. The number of rotatable bonds is 0. The maximum atomic E-state index is 13.4. The molecule has 1 N–H and O–H groups in total. The summed E-state index contributed by atoms with van der Waals surface area (Å²) in [6.07, 6.45) is 1.79. The molecule has 4 atom stereocenters. The van der Waals surface area contributed by atoms with E-state index in [1.165, 1.54) is 0 Å². The molecule has 2 aliphatic rings. The van der Waals surface area contributed by atoms with Crippen LogP contribution >= 0.6 is 0 Å². The largest absolute Gasteiger partial charge is 0.295 e. The molecular weight excluding hydrogens is 155 g/mol. The van der Waals surface area contributed by atoms with Crippen molar-refractivity contribution >= 4 is 0 Å². The molecular formula is C9H17FN2. The van der Waals surface area contributed by atoms with E-state index < -0.39 is 6.30 Å². The predicted molar refractivity (Wildman–Crippen MR) is 46.4 cm³/mol. The molecule has 0 saturated carbocycles. The zero-order valence-corrected chi connectivity index (χ0v) is 7.76. The van der Waals surface area contributed by atoms with Crippen molar-refractivity contribution in [2.75, 3.05) is 6.54 Å². The number of halogens is 1. The van der Waals surface area contributed by atoms with Crippen LogP contribution in [0.4, 0.5) is 4.39 Å². The van der Waals surface area contributed by atoms with E-state index in [0.717, 1.165) is 25.3 Å². The Morgan fingerprint density at radius 1 is 1.42 bits per heavy atom. The molecule has 0 aromatic rings. The summed E-state index contributed by atoms with van der Waals surface area (Å²) in [4.78, 5) is 1.96. The molecule has 2 heterocycles. The van der Waals surface area contributed by atoms with Crippen LogP contribution < -0.4 is 5.32 Å². The van der Waals surface area contributed by atoms with Gasteiger partial charge in [0.1, 0.15) is 0 Å². The first kappa shape index (κ1) is 8.45. The molecule has 2 fully saturated rings. The van der Waals surface area contributed by atoms with Crippen LogP contribution in [0.15, 0.2) is 0 Å². The Hall–Kier alpha value is -0.150. The van der Waals surface area contributed by atoms with Gasteiger partial charge >= 0.3 is 0 Å². The SMILES string of the molecule is CC1CCN2C(C1)NC(C)C2F. The van der Waals surface area contributed by atoms with Crippen LogP contribution in [0.2, 0.25) is 0 Å². The summed E-state index contributed by atoms with van der Waals surface area (Å²) >= 11 is 0. The lowest BCUT2D eigenvalue weighted by Gasteiger charge is -2.33. The van der Waals surface area contributed by atoms with Crippen molar-refractivity contribution in [2.45, 2.75) is 45.2 Å². The monoisotopic (exact) mass is 172 g/mol. The smallest absolute Gasteiger partial charge is 0.170 e. The number of hydrogen-bond acceptors (Lipinski definition) is 2. The topological polar surface area (TPSA) is 15.3 Å². The average molecular weight is 172 g/mol. The molecule has 2 nitrogen and oxygen atoms in total. The Balaban J connectivity index is 2.04. The molecule has 0 aromatic carbocycles. The van der Waals surface area contributed by atoms with Gasteiger partial charge in [0.05, 0.1) is 12.2 Å². The molecule has 2 aliphatic heterocycles. The van der Waals surface area contributed by atoms with Crippen molar-refractivity contribution in [3.05, 3.63) is 0 Å². The normalized spacial score (nSPS) is 49.2. The lowest BCUT2D eigenvalue weighted by Crippen LogP contribution is -2.43. The maximum Gasteiger partial charge on any atom is 0.170 e. The van der Waals surface area contributed by atoms with Crippen LogP contribution in [-0.2, 0) is 0 Å². The van der Waals surface area contributed by atoms with Crippen LogP contribution in [0.1, 0.15) is 26.7 Å². The number of alkyl halides is 1. The highest BCUT2D eigenvalue weighted by Gasteiger charge is 2.40. The lowest BCUT2D eigenvalue weighted by molar-refractivity contribution is 0.0484. The van der Waals surface area contributed by atoms with Gasteiger partial charge in [0, 0.05) is 6.54 Å². The molecule has 4 unspecified atom stereocenters. The van der Waals surface area contributed by atoms with Gasteiger partial charge in [0.15, 0.2) is 6.30 Å². The highest BCUT2D eigenvalue weighted by molar-refractivity contribution is 4.91. The van der Waals surface area contributed by atoms with Gasteiger partial charge in [0.2, 0.25) is 0 Å². The first-order valence-electron chi connectivity index (χ1n) is 4.84. The summed E-state index contributed by atoms with van der Waals surface area (Å²) in [7, 11) is 0. The van der Waals surface area contributed by atoms with Crippen LogP contribution in [-0.4, -0.2) is 29.9 Å². The minimum atomic E-state index is -0.762. The molecule has 12 heavy (non-hydrogen) atoms. The number of hydrogen-bond donors (Lipinski definition) is 1. The molecule has 70 valence electrons. The molecule has 0 spiro atoms. The third-order valence-corrected chi connectivity index (χ3v) is 3.09. The van der Waals surface area contributed by atoms with Crippen LogP contribution in [0.25, 0.3) is 0 Å². The van der Waals surface area contributed by atoms with Gasteiger partial charge in [-0.2, -0.15) is 0 Å². The van der Waals surface area contributed by atoms with Crippen molar-refractivity contribution in [3.63, 3.8) is 0 Å². The number of piperidine rings is 1. The summed E-state index contributed by atoms with van der Waals surface area (Å²) in [6, 6.07) is 0.0142. The van der Waals surface area contributed by atoms with E-state index in [2.05, 4.69) is 12.2 Å². The minimum absolute atomic E-state index is 0.0142. The van der Waals surface area contributed by atoms with Crippen molar-refractivity contribution in [1.29, 1.82) is 0 Å². The Labute approximate surface area is 73.1 Å². The van der Waals surface area contributed by atoms with Gasteiger partial charge in [0.25, 0.3) is 0 Å². The third kappa shape index (κ3) is 1.25. The van der Waals surface area contributed by atoms with Gasteiger partial charge in [-0.15, -0.1) is 0 Å². The molecule has 0 bridgehead atoms. The van der Waals surface area contributed by atoms with Crippen LogP contribution in [0, 0.1) is 5.92 Å². The van der Waals surface area contributed by atoms with Gasteiger partial charge in [-0.1, -0.05) is 6.92 Å². The van der Waals surface area contributed by atoms with Gasteiger partial charge in [-0.3, -0.25) is 10.2 Å². The fourth-order valence-corrected chi connectivity index (χ4v) is 2.29. The Morgan fingerprint density at radius 3 is 2.92 bits per heavy atom. The predicted octanol–water partition coefficient (Wildman–Crippen LogP) is 1.33. The van der Waals surface area contributed by atoms with E-state index in [1.807, 2.05) is 11.8 Å². The summed E-state index contributed by atoms with van der Waals surface area (Å²) in [6.45, 7) is 5.09. The van der Waals surface area contributed by atoms with E-state index in [4.69, 9.17) is 0 Å². The Morgan fingerprint density at radius 2 is 2.17 bits per heavy atom. The summed E-state index contributed by atoms with van der Waals surface area (Å²) in [5.74, 6) is 0.747. The van der Waals surface area contributed by atoms with E-state index in [1.54, 1.807) is 0 Å². The van der Waals surface area contributed by atoms with Crippen molar-refractivity contribution in [3.8, 4) is 0 Å². The highest BCUT2D eigenvalue weighted by Crippen LogP contribution is 2.29. The second-order valence-electron chi connectivity index (χ2n) is 4.21. The highest BCUT2D eigenvalue weighted by atomic mass is 19.1. The zero-order chi connectivity index (χ0) is 8.72. The average Bonchev–Trinajstić information content (AvgIpc) is 2.28. The van der Waals surface area contributed by atoms with Crippen LogP contribution in [0.3, 0.4) is 0 Å². The van der Waals surface area contributed by atoms with E-state index >= 15 is 0 Å². The molecule has 0 aromatic heterocycles. The van der Waals surface area contributed by atoms with Crippen molar-refractivity contribution in [1.82, 2.24) is 10.2 Å². The quantitative estimate of drug-likeness (QED) is 0.555. The zero-order valence-electron chi connectivity index (χ0n) is 7.76. The lowest BCUT2D eigenvalue weighted by atomic mass is 9.97. The van der Waals surface area contributed by atoms with Crippen molar-refractivity contribution < 1.29 is 4.39 Å². The Kier molecular flexibility index (Phi) is 2.09. The second kappa shape index (κ2) is 2.96. The van der Waals surface area contributed by atoms with E-state index in [-0.39, 0.29) is 6.04 Å². The molecule has 3 heteroatoms. The van der Waals surface area contributed by atoms with Crippen LogP contribution in [0.5, 0.6) is 0 Å². The maximum absolute atomic E-state index is 13.4. The number of nitrogens with zero attached hydrogens (tertiary/aromatic N) is 1. The standard InChI is InChI=1S/C9H17FN2/c1-6-3-4-12-8(5-6)11-7(2)9(12)10/h6-9,11H,3-5H2,1-2H3. The fourth-order valence-electron chi connectivity index (χ4n) is 2.29.